The van der Waals surface area contributed by atoms with Crippen molar-refractivity contribution in [1.29, 1.82) is 0 Å². The number of carbonyl (C=O) groups excluding carboxylic acids is 1. The first kappa shape index (κ1) is 27.6. The predicted molar refractivity (Wildman–Crippen MR) is 145 cm³/mol. The summed E-state index contributed by atoms with van der Waals surface area (Å²) in [6.45, 7) is 20.1. The van der Waals surface area contributed by atoms with Crippen LogP contribution in [0.4, 0.5) is 0 Å². The summed E-state index contributed by atoms with van der Waals surface area (Å²) < 4.78 is 26.2. The maximum Gasteiger partial charge on any atom is 0.388 e. The zero-order chi connectivity index (χ0) is 24.9. The van der Waals surface area contributed by atoms with Crippen molar-refractivity contribution in [3.63, 3.8) is 0 Å². The molecule has 0 radical (unpaired) electrons. The second-order valence-electron chi connectivity index (χ2n) is 10.3. The molecule has 2 rings (SSSR count). The number of hydrogen-bond acceptors (Lipinski definition) is 5. The van der Waals surface area contributed by atoms with Crippen LogP contribution in [-0.2, 0) is 21.9 Å². The fourth-order valence-electron chi connectivity index (χ4n) is 3.59. The van der Waals surface area contributed by atoms with Crippen LogP contribution in [0, 0.1) is 0 Å². The summed E-state index contributed by atoms with van der Waals surface area (Å²) >= 11 is 0. The van der Waals surface area contributed by atoms with E-state index in [-0.39, 0.29) is 12.2 Å². The van der Waals surface area contributed by atoms with Gasteiger partial charge < -0.3 is 17.1 Å². The molecule has 9 heteroatoms. The third kappa shape index (κ3) is 8.28. The van der Waals surface area contributed by atoms with Crippen LogP contribution in [0.25, 0.3) is 0 Å². The van der Waals surface area contributed by atoms with Gasteiger partial charge in [0.2, 0.25) is 8.32 Å². The van der Waals surface area contributed by atoms with Crippen molar-refractivity contribution in [2.45, 2.75) is 52.8 Å². The van der Waals surface area contributed by atoms with Gasteiger partial charge in [-0.05, 0) is 63.1 Å². The maximum absolute atomic E-state index is 11.9. The van der Waals surface area contributed by atoms with Gasteiger partial charge in [0.15, 0.2) is 8.32 Å². The highest BCUT2D eigenvalue weighted by atomic mass is 28.5. The minimum absolute atomic E-state index is 0.249. The number of benzene rings is 2. The SMILES string of the molecule is C=C(C)C(=O)OC[Si](C)(C)O[Si](C)(C)O[Si](O[Si](C)(C)C)(c1ccccc1)c1ccccc1. The second-order valence-corrected chi connectivity index (χ2v) is 26.0. The molecule has 2 aromatic rings. The normalized spacial score (nSPS) is 13.0. The molecule has 0 aromatic heterocycles. The molecule has 0 saturated heterocycles. The number of esters is 1. The van der Waals surface area contributed by atoms with Crippen LogP contribution in [0.2, 0.25) is 45.8 Å². The van der Waals surface area contributed by atoms with Gasteiger partial charge in [-0.15, -0.1) is 0 Å². The molecule has 0 aliphatic carbocycles. The number of hydrogen-bond donors (Lipinski definition) is 0. The Bertz CT molecular complexity index is 901. The van der Waals surface area contributed by atoms with E-state index in [0.717, 1.165) is 10.4 Å². The van der Waals surface area contributed by atoms with E-state index in [1.165, 1.54) is 0 Å². The molecule has 180 valence electrons. The lowest BCUT2D eigenvalue weighted by molar-refractivity contribution is -0.137. The highest BCUT2D eigenvalue weighted by molar-refractivity contribution is 7.02. The molecule has 0 amide bonds. The standard InChI is InChI=1S/C24H38O5Si4/c1-21(2)24(25)26-20-31(6,7)28-32(8,9)29-33(27-30(3,4)5,22-16-12-10-13-17-22)23-18-14-11-15-19-23/h10-19H,1,20H2,2-9H3. The summed E-state index contributed by atoms with van der Waals surface area (Å²) in [5.74, 6) is -0.390. The topological polar surface area (TPSA) is 54.0 Å². The van der Waals surface area contributed by atoms with Crippen molar-refractivity contribution in [3.05, 3.63) is 72.8 Å². The molecular formula is C24H38O5Si4. The Hall–Kier alpha value is -1.60. The quantitative estimate of drug-likeness (QED) is 0.245. The molecule has 0 aliphatic heterocycles. The molecule has 0 unspecified atom stereocenters. The fourth-order valence-corrected chi connectivity index (χ4v) is 20.4. The van der Waals surface area contributed by atoms with Crippen molar-refractivity contribution >= 4 is 50.1 Å². The summed E-state index contributed by atoms with van der Waals surface area (Å²) in [6, 6.07) is 20.5. The molecule has 5 nitrogen and oxygen atoms in total. The lowest BCUT2D eigenvalue weighted by atomic mass is 10.4. The Morgan fingerprint density at radius 3 is 1.61 bits per heavy atom. The summed E-state index contributed by atoms with van der Waals surface area (Å²) in [5.41, 5.74) is 0.385. The van der Waals surface area contributed by atoms with Crippen LogP contribution >= 0.6 is 0 Å². The lowest BCUT2D eigenvalue weighted by Crippen LogP contribution is -2.71. The molecule has 0 aliphatic rings. The molecule has 2 aromatic carbocycles. The highest BCUT2D eigenvalue weighted by Gasteiger charge is 2.51. The van der Waals surface area contributed by atoms with E-state index in [1.54, 1.807) is 6.92 Å². The molecule has 0 fully saturated rings. The Balaban J connectivity index is 2.47. The van der Waals surface area contributed by atoms with Gasteiger partial charge in [0, 0.05) is 5.57 Å². The van der Waals surface area contributed by atoms with Crippen LogP contribution in [0.5, 0.6) is 0 Å². The lowest BCUT2D eigenvalue weighted by Gasteiger charge is -2.43. The Morgan fingerprint density at radius 1 is 0.758 bits per heavy atom. The van der Waals surface area contributed by atoms with E-state index in [2.05, 4.69) is 63.6 Å². The van der Waals surface area contributed by atoms with Crippen LogP contribution in [0.3, 0.4) is 0 Å². The minimum Gasteiger partial charge on any atom is -0.463 e. The third-order valence-electron chi connectivity index (χ3n) is 4.57. The number of ether oxygens (including phenoxy) is 1. The van der Waals surface area contributed by atoms with Crippen LogP contribution in [0.1, 0.15) is 6.92 Å². The van der Waals surface area contributed by atoms with Gasteiger partial charge in [0.25, 0.3) is 0 Å². The molecule has 0 atom stereocenters. The zero-order valence-corrected chi connectivity index (χ0v) is 25.2. The average Bonchev–Trinajstić information content (AvgIpc) is 2.70. The van der Waals surface area contributed by atoms with E-state index in [1.807, 2.05) is 49.5 Å². The van der Waals surface area contributed by atoms with Crippen molar-refractivity contribution in [2.75, 3.05) is 6.23 Å². The first-order valence-electron chi connectivity index (χ1n) is 11.2. The maximum atomic E-state index is 11.9. The van der Waals surface area contributed by atoms with Gasteiger partial charge in [-0.25, -0.2) is 4.79 Å². The van der Waals surface area contributed by atoms with Crippen molar-refractivity contribution < 1.29 is 21.9 Å². The molecule has 0 N–H and O–H groups in total. The van der Waals surface area contributed by atoms with E-state index in [0.29, 0.717) is 5.57 Å². The van der Waals surface area contributed by atoms with E-state index in [9.17, 15) is 4.79 Å². The van der Waals surface area contributed by atoms with E-state index < -0.39 is 33.8 Å². The molecule has 0 spiro atoms. The fraction of sp³-hybridized carbons (Fsp3) is 0.375. The van der Waals surface area contributed by atoms with Crippen molar-refractivity contribution in [2.24, 2.45) is 0 Å². The zero-order valence-electron chi connectivity index (χ0n) is 21.2. The highest BCUT2D eigenvalue weighted by Crippen LogP contribution is 2.25. The van der Waals surface area contributed by atoms with Gasteiger partial charge in [-0.2, -0.15) is 0 Å². The van der Waals surface area contributed by atoms with Gasteiger partial charge in [0.05, 0.1) is 0 Å². The van der Waals surface area contributed by atoms with E-state index in [4.69, 9.17) is 17.1 Å². The monoisotopic (exact) mass is 518 g/mol. The average molecular weight is 519 g/mol. The second kappa shape index (κ2) is 10.8. The van der Waals surface area contributed by atoms with Crippen LogP contribution in [0.15, 0.2) is 72.8 Å². The predicted octanol–water partition coefficient (Wildman–Crippen LogP) is 4.69. The molecule has 33 heavy (non-hydrogen) atoms. The first-order valence-corrected chi connectivity index (χ1v) is 22.4. The summed E-state index contributed by atoms with van der Waals surface area (Å²) in [4.78, 5) is 11.9. The van der Waals surface area contributed by atoms with Gasteiger partial charge in [-0.1, -0.05) is 67.2 Å². The van der Waals surface area contributed by atoms with Crippen molar-refractivity contribution in [3.8, 4) is 0 Å². The number of rotatable bonds is 11. The van der Waals surface area contributed by atoms with Crippen LogP contribution in [-0.4, -0.2) is 46.0 Å². The molecule has 0 bridgehead atoms. The Labute approximate surface area is 203 Å². The smallest absolute Gasteiger partial charge is 0.388 e. The summed E-state index contributed by atoms with van der Waals surface area (Å²) in [6.07, 6.45) is 0.249. The van der Waals surface area contributed by atoms with Gasteiger partial charge >= 0.3 is 23.1 Å². The minimum atomic E-state index is -3.08. The first-order chi connectivity index (χ1) is 15.2. The van der Waals surface area contributed by atoms with E-state index >= 15 is 0 Å². The number of carbonyl (C=O) groups is 1. The van der Waals surface area contributed by atoms with Gasteiger partial charge in [-0.3, -0.25) is 0 Å². The van der Waals surface area contributed by atoms with Crippen molar-refractivity contribution in [1.82, 2.24) is 0 Å². The Morgan fingerprint density at radius 2 is 1.21 bits per heavy atom. The summed E-state index contributed by atoms with van der Waals surface area (Å²) in [7, 11) is -10.2. The largest absolute Gasteiger partial charge is 0.463 e. The van der Waals surface area contributed by atoms with Crippen LogP contribution < -0.4 is 10.4 Å². The molecule has 0 saturated carbocycles. The van der Waals surface area contributed by atoms with Gasteiger partial charge in [0.1, 0.15) is 6.23 Å². The molecular weight excluding hydrogens is 481 g/mol. The summed E-state index contributed by atoms with van der Waals surface area (Å²) in [5, 5.41) is 2.13. The molecule has 0 heterocycles. The Kier molecular flexibility index (Phi) is 9.02. The third-order valence-corrected chi connectivity index (χ3v) is 18.5.